The second-order valence-corrected chi connectivity index (χ2v) is 4.93. The van der Waals surface area contributed by atoms with E-state index in [4.69, 9.17) is 11.6 Å². The summed E-state index contributed by atoms with van der Waals surface area (Å²) >= 11 is 7.15. The molecule has 0 spiro atoms. The third kappa shape index (κ3) is 3.19. The van der Waals surface area contributed by atoms with E-state index in [1.807, 2.05) is 17.5 Å². The predicted molar refractivity (Wildman–Crippen MR) is 69.2 cm³/mol. The molecule has 2 aromatic rings. The summed E-state index contributed by atoms with van der Waals surface area (Å²) in [5.41, 5.74) is 0.687. The molecule has 0 aliphatic rings. The molecule has 1 unspecified atom stereocenters. The zero-order chi connectivity index (χ0) is 12.3. The van der Waals surface area contributed by atoms with Gasteiger partial charge in [0.1, 0.15) is 11.9 Å². The fourth-order valence-electron chi connectivity index (χ4n) is 1.40. The third-order valence-electron chi connectivity index (χ3n) is 2.29. The first-order valence-corrected chi connectivity index (χ1v) is 6.33. The highest BCUT2D eigenvalue weighted by molar-refractivity contribution is 7.10. The van der Waals surface area contributed by atoms with Crippen molar-refractivity contribution in [2.24, 2.45) is 0 Å². The smallest absolute Gasteiger partial charge is 0.141 e. The molecule has 0 amide bonds. The fraction of sp³-hybridized carbons (Fsp3) is 0.167. The summed E-state index contributed by atoms with van der Waals surface area (Å²) in [6.45, 7) is 0.364. The zero-order valence-electron chi connectivity index (χ0n) is 8.86. The Balaban J connectivity index is 1.96. The zero-order valence-corrected chi connectivity index (χ0v) is 10.4. The molecular weight excluding hydrogens is 261 g/mol. The molecule has 0 radical (unpaired) electrons. The van der Waals surface area contributed by atoms with Gasteiger partial charge >= 0.3 is 0 Å². The Bertz CT molecular complexity index is 489. The Morgan fingerprint density at radius 3 is 2.88 bits per heavy atom. The monoisotopic (exact) mass is 271 g/mol. The Morgan fingerprint density at radius 1 is 1.41 bits per heavy atom. The average molecular weight is 272 g/mol. The third-order valence-corrected chi connectivity index (χ3v) is 3.55. The lowest BCUT2D eigenvalue weighted by Gasteiger charge is -2.11. The van der Waals surface area contributed by atoms with E-state index in [2.05, 4.69) is 5.32 Å². The summed E-state index contributed by atoms with van der Waals surface area (Å²) < 4.78 is 12.9. The van der Waals surface area contributed by atoms with Crippen LogP contribution in [0.1, 0.15) is 11.0 Å². The highest BCUT2D eigenvalue weighted by Crippen LogP contribution is 2.22. The van der Waals surface area contributed by atoms with E-state index < -0.39 is 11.9 Å². The molecular formula is C12H11ClFNOS. The molecule has 0 aliphatic carbocycles. The first-order chi connectivity index (χ1) is 8.16. The number of aliphatic hydroxyl groups excluding tert-OH is 1. The van der Waals surface area contributed by atoms with E-state index in [-0.39, 0.29) is 5.02 Å². The first-order valence-electron chi connectivity index (χ1n) is 5.07. The molecule has 1 aromatic heterocycles. The number of hydrogen-bond acceptors (Lipinski definition) is 3. The largest absolute Gasteiger partial charge is 0.386 e. The van der Waals surface area contributed by atoms with Gasteiger partial charge in [-0.3, -0.25) is 0 Å². The molecule has 1 aromatic carbocycles. The number of halogens is 2. The Kier molecular flexibility index (Phi) is 3.99. The summed E-state index contributed by atoms with van der Waals surface area (Å²) in [7, 11) is 0. The van der Waals surface area contributed by atoms with Crippen molar-refractivity contribution < 1.29 is 9.50 Å². The lowest BCUT2D eigenvalue weighted by atomic mass is 10.2. The van der Waals surface area contributed by atoms with Crippen molar-refractivity contribution in [1.82, 2.24) is 0 Å². The predicted octanol–water partition coefficient (Wildman–Crippen LogP) is 3.69. The molecule has 17 heavy (non-hydrogen) atoms. The topological polar surface area (TPSA) is 32.3 Å². The van der Waals surface area contributed by atoms with E-state index in [0.717, 1.165) is 4.88 Å². The molecule has 0 fully saturated rings. The molecule has 1 heterocycles. The van der Waals surface area contributed by atoms with Gasteiger partial charge in [-0.05, 0) is 29.6 Å². The highest BCUT2D eigenvalue weighted by Gasteiger charge is 2.08. The number of benzene rings is 1. The van der Waals surface area contributed by atoms with Gasteiger partial charge in [0.05, 0.1) is 5.02 Å². The lowest BCUT2D eigenvalue weighted by molar-refractivity contribution is 0.195. The second kappa shape index (κ2) is 5.49. The van der Waals surface area contributed by atoms with E-state index >= 15 is 0 Å². The number of hydrogen-bond donors (Lipinski definition) is 2. The Morgan fingerprint density at radius 2 is 2.24 bits per heavy atom. The van der Waals surface area contributed by atoms with E-state index in [9.17, 15) is 9.50 Å². The highest BCUT2D eigenvalue weighted by atomic mass is 35.5. The van der Waals surface area contributed by atoms with Gasteiger partial charge in [-0.15, -0.1) is 11.3 Å². The van der Waals surface area contributed by atoms with Crippen LogP contribution in [0.25, 0.3) is 0 Å². The normalized spacial score (nSPS) is 12.4. The van der Waals surface area contributed by atoms with Crippen LogP contribution in [0.2, 0.25) is 5.02 Å². The van der Waals surface area contributed by atoms with Crippen molar-refractivity contribution >= 4 is 28.6 Å². The minimum absolute atomic E-state index is 0.0700. The maximum atomic E-state index is 12.9. The summed E-state index contributed by atoms with van der Waals surface area (Å²) in [6.07, 6.45) is -0.571. The molecule has 2 N–H and O–H groups in total. The van der Waals surface area contributed by atoms with E-state index in [1.165, 1.54) is 23.5 Å². The fourth-order valence-corrected chi connectivity index (χ4v) is 2.29. The van der Waals surface area contributed by atoms with Gasteiger partial charge in [0.2, 0.25) is 0 Å². The first kappa shape index (κ1) is 12.4. The van der Waals surface area contributed by atoms with Crippen molar-refractivity contribution in [2.45, 2.75) is 6.10 Å². The van der Waals surface area contributed by atoms with Crippen LogP contribution in [0.4, 0.5) is 10.1 Å². The van der Waals surface area contributed by atoms with Crippen molar-refractivity contribution in [3.8, 4) is 0 Å². The number of rotatable bonds is 4. The molecule has 0 saturated heterocycles. The molecule has 90 valence electrons. The SMILES string of the molecule is OC(CNc1ccc(F)c(Cl)c1)c1cccs1. The number of anilines is 1. The molecule has 2 rings (SSSR count). The molecule has 5 heteroatoms. The van der Waals surface area contributed by atoms with Crippen LogP contribution >= 0.6 is 22.9 Å². The van der Waals surface area contributed by atoms with Gasteiger partial charge in [0.15, 0.2) is 0 Å². The molecule has 0 bridgehead atoms. The average Bonchev–Trinajstić information content (AvgIpc) is 2.84. The summed E-state index contributed by atoms with van der Waals surface area (Å²) in [4.78, 5) is 0.894. The van der Waals surface area contributed by atoms with E-state index in [1.54, 1.807) is 6.07 Å². The quantitative estimate of drug-likeness (QED) is 0.889. The Hall–Kier alpha value is -1.10. The molecule has 0 saturated carbocycles. The number of thiophene rings is 1. The van der Waals surface area contributed by atoms with Gasteiger partial charge in [-0.25, -0.2) is 4.39 Å². The lowest BCUT2D eigenvalue weighted by Crippen LogP contribution is -2.10. The summed E-state index contributed by atoms with van der Waals surface area (Å²) in [5.74, 6) is -0.448. The van der Waals surface area contributed by atoms with Crippen LogP contribution < -0.4 is 5.32 Å². The van der Waals surface area contributed by atoms with Crippen LogP contribution in [0.15, 0.2) is 35.7 Å². The van der Waals surface area contributed by atoms with E-state index in [0.29, 0.717) is 12.2 Å². The number of nitrogens with one attached hydrogen (secondary N) is 1. The van der Waals surface area contributed by atoms with Gasteiger partial charge in [0.25, 0.3) is 0 Å². The maximum absolute atomic E-state index is 12.9. The molecule has 2 nitrogen and oxygen atoms in total. The van der Waals surface area contributed by atoms with Gasteiger partial charge in [0, 0.05) is 17.1 Å². The maximum Gasteiger partial charge on any atom is 0.141 e. The van der Waals surface area contributed by atoms with Crippen LogP contribution in [-0.2, 0) is 0 Å². The van der Waals surface area contributed by atoms with Crippen molar-refractivity contribution in [3.05, 3.63) is 51.4 Å². The van der Waals surface area contributed by atoms with Gasteiger partial charge in [-0.1, -0.05) is 17.7 Å². The van der Waals surface area contributed by atoms with Crippen molar-refractivity contribution in [3.63, 3.8) is 0 Å². The number of aliphatic hydroxyl groups is 1. The summed E-state index contributed by atoms with van der Waals surface area (Å²) in [5, 5.41) is 14.8. The summed E-state index contributed by atoms with van der Waals surface area (Å²) in [6, 6.07) is 8.13. The minimum atomic E-state index is -0.571. The van der Waals surface area contributed by atoms with Crippen molar-refractivity contribution in [1.29, 1.82) is 0 Å². The molecule has 0 aliphatic heterocycles. The van der Waals surface area contributed by atoms with Crippen LogP contribution in [0, 0.1) is 5.82 Å². The van der Waals surface area contributed by atoms with Gasteiger partial charge in [-0.2, -0.15) is 0 Å². The Labute approximate surface area is 108 Å². The van der Waals surface area contributed by atoms with Crippen molar-refractivity contribution in [2.75, 3.05) is 11.9 Å². The molecule has 1 atom stereocenters. The standard InChI is InChI=1S/C12H11ClFNOS/c13-9-6-8(3-4-10(9)14)15-7-11(16)12-2-1-5-17-12/h1-6,11,15-16H,7H2. The van der Waals surface area contributed by atoms with Crippen LogP contribution in [0.3, 0.4) is 0 Å². The van der Waals surface area contributed by atoms with Crippen LogP contribution in [0.5, 0.6) is 0 Å². The minimum Gasteiger partial charge on any atom is -0.386 e. The van der Waals surface area contributed by atoms with Gasteiger partial charge < -0.3 is 10.4 Å². The van der Waals surface area contributed by atoms with Crippen LogP contribution in [-0.4, -0.2) is 11.7 Å². The second-order valence-electron chi connectivity index (χ2n) is 3.54.